The first-order valence-corrected chi connectivity index (χ1v) is 5.15. The van der Waals surface area contributed by atoms with E-state index in [-0.39, 0.29) is 11.9 Å². The highest BCUT2D eigenvalue weighted by atomic mass is 16.2. The monoisotopic (exact) mass is 197 g/mol. The highest BCUT2D eigenvalue weighted by Gasteiger charge is 2.39. The fraction of sp³-hybridized carbons (Fsp3) is 0.800. The molecule has 0 aromatic carbocycles. The third-order valence-corrected chi connectivity index (χ3v) is 2.26. The maximum atomic E-state index is 11.6. The van der Waals surface area contributed by atoms with Gasteiger partial charge in [-0.15, -0.1) is 0 Å². The first-order valence-electron chi connectivity index (χ1n) is 5.15. The van der Waals surface area contributed by atoms with Gasteiger partial charge in [-0.3, -0.25) is 15.1 Å². The quantitative estimate of drug-likeness (QED) is 0.710. The number of nitrogens with zero attached hydrogens (tertiary/aromatic N) is 1. The normalized spacial score (nSPS) is 29.5. The number of hydrogen-bond donors (Lipinski definition) is 2. The second kappa shape index (κ2) is 3.98. The summed E-state index contributed by atoms with van der Waals surface area (Å²) in [5.41, 5.74) is -0.470. The van der Waals surface area contributed by atoms with Crippen molar-refractivity contribution in [2.24, 2.45) is 4.99 Å². The number of rotatable bonds is 3. The van der Waals surface area contributed by atoms with Crippen LogP contribution < -0.4 is 10.6 Å². The highest BCUT2D eigenvalue weighted by Crippen LogP contribution is 2.16. The molecule has 0 radical (unpaired) electrons. The molecule has 4 nitrogen and oxygen atoms in total. The van der Waals surface area contributed by atoms with Crippen molar-refractivity contribution in [2.75, 3.05) is 0 Å². The number of guanidine groups is 1. The lowest BCUT2D eigenvalue weighted by Crippen LogP contribution is -2.43. The molecule has 0 aromatic heterocycles. The summed E-state index contributed by atoms with van der Waals surface area (Å²) < 4.78 is 0. The summed E-state index contributed by atoms with van der Waals surface area (Å²) in [4.78, 5) is 15.9. The van der Waals surface area contributed by atoms with E-state index >= 15 is 0 Å². The van der Waals surface area contributed by atoms with Crippen LogP contribution in [0.15, 0.2) is 4.99 Å². The average Bonchev–Trinajstić information content (AvgIpc) is 2.26. The van der Waals surface area contributed by atoms with E-state index < -0.39 is 5.54 Å². The predicted octanol–water partition coefficient (Wildman–Crippen LogP) is 1.03. The first-order chi connectivity index (χ1) is 6.48. The molecule has 0 aliphatic carbocycles. The minimum atomic E-state index is -0.470. The van der Waals surface area contributed by atoms with Crippen molar-refractivity contribution in [1.29, 1.82) is 0 Å². The third kappa shape index (κ3) is 2.25. The van der Waals surface area contributed by atoms with Crippen LogP contribution in [0.4, 0.5) is 0 Å². The summed E-state index contributed by atoms with van der Waals surface area (Å²) in [7, 11) is 0. The standard InChI is InChI=1S/C10H19N3O/c1-5-6-10(4)8(14)12-9(13-10)11-7(2)3/h7H,5-6H2,1-4H3,(H2,11,12,13,14). The van der Waals surface area contributed by atoms with E-state index in [1.54, 1.807) is 0 Å². The summed E-state index contributed by atoms with van der Waals surface area (Å²) in [5, 5.41) is 5.90. The molecule has 4 heteroatoms. The van der Waals surface area contributed by atoms with Gasteiger partial charge in [-0.05, 0) is 27.2 Å². The van der Waals surface area contributed by atoms with Crippen LogP contribution in [-0.4, -0.2) is 23.4 Å². The van der Waals surface area contributed by atoms with Crippen LogP contribution in [0.3, 0.4) is 0 Å². The molecule has 2 N–H and O–H groups in total. The van der Waals surface area contributed by atoms with E-state index in [9.17, 15) is 4.79 Å². The maximum Gasteiger partial charge on any atom is 0.252 e. The van der Waals surface area contributed by atoms with Crippen LogP contribution in [-0.2, 0) is 4.79 Å². The summed E-state index contributed by atoms with van der Waals surface area (Å²) in [6.07, 6.45) is 1.81. The Morgan fingerprint density at radius 1 is 1.50 bits per heavy atom. The van der Waals surface area contributed by atoms with E-state index in [0.717, 1.165) is 12.8 Å². The molecule has 0 spiro atoms. The minimum absolute atomic E-state index is 0.0266. The van der Waals surface area contributed by atoms with Gasteiger partial charge in [0.2, 0.25) is 0 Å². The summed E-state index contributed by atoms with van der Waals surface area (Å²) >= 11 is 0. The second-order valence-electron chi connectivity index (χ2n) is 4.23. The van der Waals surface area contributed by atoms with E-state index in [0.29, 0.717) is 5.96 Å². The summed E-state index contributed by atoms with van der Waals surface area (Å²) in [6, 6.07) is 0.196. The Balaban J connectivity index is 2.73. The molecule has 1 rings (SSSR count). The Kier molecular flexibility index (Phi) is 3.13. The molecule has 0 bridgehead atoms. The van der Waals surface area contributed by atoms with Crippen LogP contribution in [0.5, 0.6) is 0 Å². The molecule has 1 atom stereocenters. The van der Waals surface area contributed by atoms with Gasteiger partial charge < -0.3 is 5.32 Å². The topological polar surface area (TPSA) is 53.5 Å². The number of carbonyl (C=O) groups excluding carboxylic acids is 1. The van der Waals surface area contributed by atoms with Gasteiger partial charge >= 0.3 is 0 Å². The highest BCUT2D eigenvalue weighted by molar-refractivity contribution is 6.08. The summed E-state index contributed by atoms with van der Waals surface area (Å²) in [6.45, 7) is 7.94. The Bertz CT molecular complexity index is 260. The summed E-state index contributed by atoms with van der Waals surface area (Å²) in [5.74, 6) is 0.639. The lowest BCUT2D eigenvalue weighted by Gasteiger charge is -2.19. The third-order valence-electron chi connectivity index (χ3n) is 2.26. The molecule has 1 fully saturated rings. The second-order valence-corrected chi connectivity index (χ2v) is 4.23. The smallest absolute Gasteiger partial charge is 0.252 e. The van der Waals surface area contributed by atoms with Crippen molar-refractivity contribution in [3.8, 4) is 0 Å². The molecule has 0 saturated carbocycles. The maximum absolute atomic E-state index is 11.6. The molecular weight excluding hydrogens is 178 g/mol. The fourth-order valence-corrected chi connectivity index (χ4v) is 1.59. The van der Waals surface area contributed by atoms with Crippen LogP contribution >= 0.6 is 0 Å². The molecule has 1 heterocycles. The Morgan fingerprint density at radius 2 is 2.14 bits per heavy atom. The van der Waals surface area contributed by atoms with E-state index in [2.05, 4.69) is 22.5 Å². The molecule has 14 heavy (non-hydrogen) atoms. The largest absolute Gasteiger partial charge is 0.342 e. The number of carbonyl (C=O) groups is 1. The van der Waals surface area contributed by atoms with Crippen molar-refractivity contribution in [1.82, 2.24) is 10.6 Å². The van der Waals surface area contributed by atoms with Crippen molar-refractivity contribution >= 4 is 11.9 Å². The predicted molar refractivity (Wildman–Crippen MR) is 57.2 cm³/mol. The van der Waals surface area contributed by atoms with Gasteiger partial charge in [0.05, 0.1) is 0 Å². The molecule has 1 amide bonds. The van der Waals surface area contributed by atoms with Gasteiger partial charge in [0.25, 0.3) is 5.91 Å². The lowest BCUT2D eigenvalue weighted by atomic mass is 9.97. The molecule has 1 aliphatic rings. The fourth-order valence-electron chi connectivity index (χ4n) is 1.59. The molecule has 0 aromatic rings. The number of nitrogens with one attached hydrogen (secondary N) is 2. The Morgan fingerprint density at radius 3 is 2.64 bits per heavy atom. The number of aliphatic imine (C=N–C) groups is 1. The average molecular weight is 197 g/mol. The minimum Gasteiger partial charge on any atom is -0.342 e. The Labute approximate surface area is 85.2 Å². The van der Waals surface area contributed by atoms with Gasteiger partial charge in [0.15, 0.2) is 5.96 Å². The van der Waals surface area contributed by atoms with E-state index in [4.69, 9.17) is 0 Å². The Hall–Kier alpha value is -1.06. The van der Waals surface area contributed by atoms with E-state index in [1.807, 2.05) is 20.8 Å². The van der Waals surface area contributed by atoms with Gasteiger partial charge in [-0.1, -0.05) is 13.3 Å². The zero-order valence-corrected chi connectivity index (χ0v) is 9.35. The van der Waals surface area contributed by atoms with Gasteiger partial charge in [0.1, 0.15) is 5.54 Å². The van der Waals surface area contributed by atoms with Crippen LogP contribution in [0.1, 0.15) is 40.5 Å². The van der Waals surface area contributed by atoms with Crippen molar-refractivity contribution in [3.05, 3.63) is 0 Å². The van der Waals surface area contributed by atoms with Crippen LogP contribution in [0, 0.1) is 0 Å². The van der Waals surface area contributed by atoms with Gasteiger partial charge in [0, 0.05) is 6.04 Å². The van der Waals surface area contributed by atoms with Crippen molar-refractivity contribution in [3.63, 3.8) is 0 Å². The van der Waals surface area contributed by atoms with Crippen molar-refractivity contribution < 1.29 is 4.79 Å². The molecule has 1 saturated heterocycles. The molecular formula is C10H19N3O. The van der Waals surface area contributed by atoms with E-state index in [1.165, 1.54) is 0 Å². The zero-order chi connectivity index (χ0) is 10.8. The van der Waals surface area contributed by atoms with Gasteiger partial charge in [-0.2, -0.15) is 0 Å². The molecule has 80 valence electrons. The van der Waals surface area contributed by atoms with Crippen LogP contribution in [0.2, 0.25) is 0 Å². The number of hydrogen-bond acceptors (Lipinski definition) is 2. The van der Waals surface area contributed by atoms with Crippen molar-refractivity contribution in [2.45, 2.75) is 52.1 Å². The SMILES string of the molecule is CCCC1(C)NC(=NC(C)C)NC1=O. The lowest BCUT2D eigenvalue weighted by molar-refractivity contribution is -0.123. The molecule has 1 aliphatic heterocycles. The molecule has 1 unspecified atom stereocenters. The zero-order valence-electron chi connectivity index (χ0n) is 9.35. The first kappa shape index (κ1) is 11.0. The van der Waals surface area contributed by atoms with Gasteiger partial charge in [-0.25, -0.2) is 0 Å². The number of amides is 1. The van der Waals surface area contributed by atoms with Crippen LogP contribution in [0.25, 0.3) is 0 Å².